The number of piperidine rings is 3. The van der Waals surface area contributed by atoms with Crippen LogP contribution in [0.1, 0.15) is 96.1 Å². The maximum Gasteiger partial charge on any atom is 0.264 e. The number of allylic oxidation sites excluding steroid dienone is 1. The van der Waals surface area contributed by atoms with Crippen molar-refractivity contribution in [2.75, 3.05) is 119 Å². The fourth-order valence-electron chi connectivity index (χ4n) is 14.0. The lowest BCUT2D eigenvalue weighted by Crippen LogP contribution is -2.52. The molecule has 454 valence electrons. The van der Waals surface area contributed by atoms with E-state index in [2.05, 4.69) is 76.3 Å². The fourth-order valence-corrected chi connectivity index (χ4v) is 16.1. The minimum Gasteiger partial charge on any atom is -0.381 e. The van der Waals surface area contributed by atoms with E-state index in [4.69, 9.17) is 16.3 Å². The predicted octanol–water partition coefficient (Wildman–Crippen LogP) is 9.27. The second-order valence-corrected chi connectivity index (χ2v) is 27.9. The van der Waals surface area contributed by atoms with Gasteiger partial charge in [0.1, 0.15) is 6.04 Å². The molecule has 5 aromatic rings. The molecule has 1 unspecified atom stereocenters. The summed E-state index contributed by atoms with van der Waals surface area (Å²) < 4.78 is 35.0. The van der Waals surface area contributed by atoms with Crippen LogP contribution >= 0.6 is 23.4 Å². The molecular formula is C67H80ClN9O7S2. The minimum absolute atomic E-state index is 0.0271. The van der Waals surface area contributed by atoms with Gasteiger partial charge in [-0.1, -0.05) is 47.5 Å². The van der Waals surface area contributed by atoms with Crippen LogP contribution in [0.5, 0.6) is 0 Å². The number of likely N-dealkylation sites (tertiary alicyclic amines) is 1. The minimum atomic E-state index is -4.13. The van der Waals surface area contributed by atoms with E-state index in [0.717, 1.165) is 164 Å². The molecule has 16 nitrogen and oxygen atoms in total. The average molecular weight is 1220 g/mol. The number of carbonyl (C=O) groups excluding carboxylic acids is 4. The highest BCUT2D eigenvalue weighted by molar-refractivity contribution is 7.99. The summed E-state index contributed by atoms with van der Waals surface area (Å²) in [7, 11) is -4.13. The number of morpholine rings is 1. The molecule has 7 aliphatic rings. The molecule has 0 saturated carbocycles. The van der Waals surface area contributed by atoms with Gasteiger partial charge in [-0.3, -0.25) is 34.3 Å². The van der Waals surface area contributed by atoms with Gasteiger partial charge in [0.05, 0.1) is 18.1 Å². The van der Waals surface area contributed by atoms with E-state index in [9.17, 15) is 27.6 Å². The van der Waals surface area contributed by atoms with Crippen LogP contribution in [0.3, 0.4) is 0 Å². The zero-order chi connectivity index (χ0) is 59.2. The van der Waals surface area contributed by atoms with Crippen LogP contribution in [-0.2, 0) is 30.9 Å². The molecule has 6 heterocycles. The van der Waals surface area contributed by atoms with Crippen molar-refractivity contribution in [1.82, 2.24) is 29.6 Å². The lowest BCUT2D eigenvalue weighted by atomic mass is 9.65. The number of hydrogen-bond donors (Lipinski definition) is 3. The van der Waals surface area contributed by atoms with Crippen LogP contribution in [-0.4, -0.2) is 168 Å². The predicted molar refractivity (Wildman–Crippen MR) is 340 cm³/mol. The second kappa shape index (κ2) is 27.0. The smallest absolute Gasteiger partial charge is 0.264 e. The summed E-state index contributed by atoms with van der Waals surface area (Å²) in [5.41, 5.74) is 9.46. The van der Waals surface area contributed by atoms with Crippen molar-refractivity contribution in [3.05, 3.63) is 154 Å². The van der Waals surface area contributed by atoms with Crippen LogP contribution in [0.15, 0.2) is 137 Å². The van der Waals surface area contributed by atoms with Gasteiger partial charge in [-0.2, -0.15) is 0 Å². The van der Waals surface area contributed by atoms with Crippen molar-refractivity contribution in [1.29, 1.82) is 0 Å². The molecule has 5 fully saturated rings. The molecule has 3 N–H and O–H groups in total. The normalized spacial score (nSPS) is 21.4. The van der Waals surface area contributed by atoms with E-state index in [1.165, 1.54) is 35.3 Å². The van der Waals surface area contributed by atoms with Crippen LogP contribution in [0, 0.1) is 11.3 Å². The molecule has 1 aliphatic carbocycles. The number of fused-ring (bicyclic) bond motifs is 1. The van der Waals surface area contributed by atoms with Gasteiger partial charge in [0.2, 0.25) is 11.8 Å². The average Bonchev–Trinajstić information content (AvgIpc) is 2.21. The molecule has 1 spiro atoms. The topological polar surface area (TPSA) is 167 Å². The number of nitrogens with zero attached hydrogens (tertiary/aromatic N) is 6. The van der Waals surface area contributed by atoms with E-state index in [1.807, 2.05) is 48.5 Å². The number of carbonyl (C=O) groups is 4. The molecule has 6 aliphatic heterocycles. The molecule has 2 atom stereocenters. The van der Waals surface area contributed by atoms with Crippen LogP contribution in [0.25, 0.3) is 5.57 Å². The van der Waals surface area contributed by atoms with Gasteiger partial charge >= 0.3 is 0 Å². The Morgan fingerprint density at radius 1 is 0.733 bits per heavy atom. The molecule has 0 bridgehead atoms. The number of anilines is 3. The summed E-state index contributed by atoms with van der Waals surface area (Å²) >= 11 is 8.21. The number of thioether (sulfide) groups is 1. The van der Waals surface area contributed by atoms with Gasteiger partial charge in [0, 0.05) is 135 Å². The molecule has 0 aromatic heterocycles. The molecule has 5 saturated heterocycles. The number of piperazine rings is 1. The SMILES string of the molecule is O=C1CCC(N2Cc3cc(N4CCC(CN5CCC6(CCC(c7ccc(Cl)cc7)=C(CN7CCN(c8ccc(C(=O)NS(=O)(=O)c9ccc(N[C@H](CCN%10CCOCC%10)CSc%10ccccc%10)cc9)cc8)CC7)C6)CC5)CC4)ccc3C2=O)C(=O)N1. The molecule has 4 amide bonds. The molecule has 12 rings (SSSR count). The summed E-state index contributed by atoms with van der Waals surface area (Å²) in [4.78, 5) is 66.6. The van der Waals surface area contributed by atoms with Crippen molar-refractivity contribution in [2.24, 2.45) is 11.3 Å². The van der Waals surface area contributed by atoms with Crippen molar-refractivity contribution in [2.45, 2.75) is 92.6 Å². The summed E-state index contributed by atoms with van der Waals surface area (Å²) in [5, 5.41) is 6.80. The number of nitrogens with one attached hydrogen (secondary N) is 3. The van der Waals surface area contributed by atoms with E-state index < -0.39 is 22.0 Å². The number of halogens is 1. The highest BCUT2D eigenvalue weighted by Crippen LogP contribution is 2.49. The summed E-state index contributed by atoms with van der Waals surface area (Å²) in [6.45, 7) is 14.4. The lowest BCUT2D eigenvalue weighted by Gasteiger charge is -2.47. The van der Waals surface area contributed by atoms with Gasteiger partial charge in [0.15, 0.2) is 0 Å². The maximum atomic E-state index is 13.6. The van der Waals surface area contributed by atoms with Crippen molar-refractivity contribution in [3.8, 4) is 0 Å². The first-order valence-corrected chi connectivity index (χ1v) is 33.8. The number of ether oxygens (including phenoxy) is 1. The number of amides is 4. The molecular weight excluding hydrogens is 1140 g/mol. The Morgan fingerprint density at radius 3 is 2.16 bits per heavy atom. The standard InChI is InChI=1S/C67H80ClN9O7S2/c68-53-10-6-49(7-11-53)60-22-26-67(27-32-73(33-28-67)44-48-23-30-75(31-24-48)57-16-19-61-51(42-57)46-77(66(61)81)62-20-21-63(78)70-65(62)80)43-52(60)45-74-34-36-76(37-35-74)56-14-8-50(9-15-56)64(79)71-86(82,83)59-17-12-54(13-18-59)69-55(25-29-72-38-40-84-41-39-72)47-85-58-4-2-1-3-5-58/h1-19,42,48,55,62,69H,20-41,43-47H2,(H,71,79)(H,70,78,80)/t55-,62?/m1/s1. The molecule has 5 aromatic carbocycles. The summed E-state index contributed by atoms with van der Waals surface area (Å²) in [5.74, 6) is 0.0351. The Kier molecular flexibility index (Phi) is 18.9. The number of imide groups is 1. The first kappa shape index (κ1) is 60.1. The van der Waals surface area contributed by atoms with Gasteiger partial charge in [0.25, 0.3) is 21.8 Å². The van der Waals surface area contributed by atoms with E-state index in [1.54, 1.807) is 58.6 Å². The number of hydrogen-bond acceptors (Lipinski definition) is 14. The van der Waals surface area contributed by atoms with Gasteiger partial charge in [-0.25, -0.2) is 13.1 Å². The first-order valence-electron chi connectivity index (χ1n) is 31.0. The Hall–Kier alpha value is -6.25. The second-order valence-electron chi connectivity index (χ2n) is 24.7. The fraction of sp³-hybridized carbons (Fsp3) is 0.463. The third-order valence-corrected chi connectivity index (χ3v) is 21.9. The highest BCUT2D eigenvalue weighted by atomic mass is 35.5. The Balaban J connectivity index is 0.606. The third kappa shape index (κ3) is 14.5. The van der Waals surface area contributed by atoms with Crippen molar-refractivity contribution >= 4 is 79.7 Å². The van der Waals surface area contributed by atoms with Gasteiger partial charge < -0.3 is 29.7 Å². The zero-order valence-electron chi connectivity index (χ0n) is 49.1. The largest absolute Gasteiger partial charge is 0.381 e. The van der Waals surface area contributed by atoms with E-state index in [0.29, 0.717) is 29.9 Å². The molecule has 19 heteroatoms. The molecule has 0 radical (unpaired) electrons. The Morgan fingerprint density at radius 2 is 1.44 bits per heavy atom. The van der Waals surface area contributed by atoms with E-state index in [-0.39, 0.29) is 40.6 Å². The summed E-state index contributed by atoms with van der Waals surface area (Å²) in [6, 6.07) is 38.3. The maximum absolute atomic E-state index is 13.6. The first-order chi connectivity index (χ1) is 41.8. The Bertz CT molecular complexity index is 3360. The van der Waals surface area contributed by atoms with Crippen molar-refractivity contribution < 1.29 is 32.3 Å². The van der Waals surface area contributed by atoms with Crippen LogP contribution in [0.2, 0.25) is 5.02 Å². The Labute approximate surface area is 516 Å². The van der Waals surface area contributed by atoms with Gasteiger partial charge in [-0.15, -0.1) is 11.8 Å². The quantitative estimate of drug-likeness (QED) is 0.0529. The summed E-state index contributed by atoms with van der Waals surface area (Å²) in [6.07, 6.45) is 9.58. The van der Waals surface area contributed by atoms with Crippen molar-refractivity contribution in [3.63, 3.8) is 0 Å². The van der Waals surface area contributed by atoms with Crippen LogP contribution in [0.4, 0.5) is 17.1 Å². The van der Waals surface area contributed by atoms with Gasteiger partial charge in [-0.05, 0) is 190 Å². The lowest BCUT2D eigenvalue weighted by molar-refractivity contribution is -0.136. The van der Waals surface area contributed by atoms with Crippen LogP contribution < -0.4 is 25.2 Å². The van der Waals surface area contributed by atoms with E-state index >= 15 is 0 Å². The molecule has 86 heavy (non-hydrogen) atoms. The zero-order valence-corrected chi connectivity index (χ0v) is 51.5. The number of rotatable bonds is 19. The number of benzene rings is 5. The highest BCUT2D eigenvalue weighted by Gasteiger charge is 2.41. The number of sulfonamides is 1. The third-order valence-electron chi connectivity index (χ3n) is 19.2. The monoisotopic (exact) mass is 1220 g/mol.